The molecule has 0 saturated heterocycles. The van der Waals surface area contributed by atoms with Gasteiger partial charge in [-0.05, 0) is 56.7 Å². The van der Waals surface area contributed by atoms with Crippen molar-refractivity contribution in [3.63, 3.8) is 0 Å². The molecule has 1 aromatic heterocycles. The summed E-state index contributed by atoms with van der Waals surface area (Å²) in [5.41, 5.74) is 8.90. The number of hydrogen-bond acceptors (Lipinski definition) is 3. The van der Waals surface area contributed by atoms with Gasteiger partial charge in [-0.25, -0.2) is 0 Å². The van der Waals surface area contributed by atoms with Crippen LogP contribution in [0, 0.1) is 6.92 Å². The molecule has 5 heteroatoms. The molecule has 0 amide bonds. The standard InChI is InChI=1S/C15H29BrN4/c1-7-15(8-2,19(5)6)13(17)10-12-14(16)11(4)18-20(12)9-3/h13H,7-10,17H2,1-6H3. The maximum atomic E-state index is 6.61. The van der Waals surface area contributed by atoms with E-state index in [4.69, 9.17) is 5.73 Å². The van der Waals surface area contributed by atoms with Crippen molar-refractivity contribution in [2.24, 2.45) is 5.73 Å². The number of nitrogens with zero attached hydrogens (tertiary/aromatic N) is 3. The van der Waals surface area contributed by atoms with Crippen LogP contribution in [0.3, 0.4) is 0 Å². The van der Waals surface area contributed by atoms with E-state index in [-0.39, 0.29) is 11.6 Å². The molecule has 1 heterocycles. The molecule has 116 valence electrons. The number of aryl methyl sites for hydroxylation is 2. The largest absolute Gasteiger partial charge is 0.326 e. The molecular weight excluding hydrogens is 316 g/mol. The third kappa shape index (κ3) is 3.10. The minimum absolute atomic E-state index is 0.0379. The lowest BCUT2D eigenvalue weighted by atomic mass is 9.81. The normalized spacial score (nSPS) is 14.1. The minimum atomic E-state index is 0.0379. The molecule has 0 spiro atoms. The Morgan fingerprint density at radius 2 is 1.85 bits per heavy atom. The highest BCUT2D eigenvalue weighted by molar-refractivity contribution is 9.10. The zero-order valence-corrected chi connectivity index (χ0v) is 15.3. The Balaban J connectivity index is 3.08. The van der Waals surface area contributed by atoms with E-state index >= 15 is 0 Å². The van der Waals surface area contributed by atoms with Gasteiger partial charge in [0.1, 0.15) is 0 Å². The van der Waals surface area contributed by atoms with Crippen LogP contribution in [-0.4, -0.2) is 40.4 Å². The maximum absolute atomic E-state index is 6.61. The van der Waals surface area contributed by atoms with Crippen molar-refractivity contribution in [1.29, 1.82) is 0 Å². The van der Waals surface area contributed by atoms with Gasteiger partial charge in [0.25, 0.3) is 0 Å². The Labute approximate surface area is 131 Å². The van der Waals surface area contributed by atoms with Crippen LogP contribution in [0.1, 0.15) is 45.0 Å². The molecule has 20 heavy (non-hydrogen) atoms. The van der Waals surface area contributed by atoms with Crippen molar-refractivity contribution < 1.29 is 0 Å². The van der Waals surface area contributed by atoms with Crippen LogP contribution in [0.2, 0.25) is 0 Å². The van der Waals surface area contributed by atoms with Gasteiger partial charge >= 0.3 is 0 Å². The van der Waals surface area contributed by atoms with Gasteiger partial charge < -0.3 is 10.6 Å². The Bertz CT molecular complexity index is 435. The fraction of sp³-hybridized carbons (Fsp3) is 0.800. The number of aromatic nitrogens is 2. The van der Waals surface area contributed by atoms with Gasteiger partial charge in [-0.1, -0.05) is 13.8 Å². The third-order valence-electron chi connectivity index (χ3n) is 4.67. The molecule has 1 aromatic rings. The second kappa shape index (κ2) is 7.05. The summed E-state index contributed by atoms with van der Waals surface area (Å²) >= 11 is 3.67. The molecule has 2 N–H and O–H groups in total. The van der Waals surface area contributed by atoms with Crippen LogP contribution < -0.4 is 5.73 Å². The van der Waals surface area contributed by atoms with Crippen LogP contribution in [-0.2, 0) is 13.0 Å². The zero-order chi connectivity index (χ0) is 15.5. The van der Waals surface area contributed by atoms with Gasteiger partial charge in [0.05, 0.1) is 15.9 Å². The lowest BCUT2D eigenvalue weighted by molar-refractivity contribution is 0.104. The summed E-state index contributed by atoms with van der Waals surface area (Å²) in [6.45, 7) is 9.47. The van der Waals surface area contributed by atoms with Crippen LogP contribution in [0.15, 0.2) is 4.47 Å². The van der Waals surface area contributed by atoms with E-state index in [0.717, 1.165) is 36.0 Å². The van der Waals surface area contributed by atoms with Gasteiger partial charge in [-0.2, -0.15) is 5.10 Å². The van der Waals surface area contributed by atoms with E-state index in [2.05, 4.69) is 65.5 Å². The SMILES string of the molecule is CCn1nc(C)c(Br)c1CC(N)C(CC)(CC)N(C)C. The molecule has 0 aliphatic rings. The van der Waals surface area contributed by atoms with Crippen LogP contribution in [0.4, 0.5) is 0 Å². The van der Waals surface area contributed by atoms with Crippen molar-refractivity contribution in [3.8, 4) is 0 Å². The fourth-order valence-corrected chi connectivity index (χ4v) is 3.65. The van der Waals surface area contributed by atoms with Gasteiger partial charge in [0.15, 0.2) is 0 Å². The molecule has 1 atom stereocenters. The van der Waals surface area contributed by atoms with Crippen molar-refractivity contribution in [3.05, 3.63) is 15.9 Å². The van der Waals surface area contributed by atoms with Gasteiger partial charge in [-0.15, -0.1) is 0 Å². The van der Waals surface area contributed by atoms with Crippen LogP contribution in [0.5, 0.6) is 0 Å². The summed E-state index contributed by atoms with van der Waals surface area (Å²) in [5.74, 6) is 0. The molecular formula is C15H29BrN4. The first kappa shape index (κ1) is 17.7. The maximum Gasteiger partial charge on any atom is 0.0738 e. The molecule has 0 saturated carbocycles. The predicted octanol–water partition coefficient (Wildman–Crippen LogP) is 2.96. The van der Waals surface area contributed by atoms with Gasteiger partial charge in [-0.3, -0.25) is 4.68 Å². The molecule has 1 unspecified atom stereocenters. The first-order valence-electron chi connectivity index (χ1n) is 7.48. The third-order valence-corrected chi connectivity index (χ3v) is 5.70. The average molecular weight is 345 g/mol. The zero-order valence-electron chi connectivity index (χ0n) is 13.7. The topological polar surface area (TPSA) is 47.1 Å². The summed E-state index contributed by atoms with van der Waals surface area (Å²) < 4.78 is 3.17. The Hall–Kier alpha value is -0.390. The molecule has 0 aliphatic carbocycles. The van der Waals surface area contributed by atoms with E-state index in [9.17, 15) is 0 Å². The highest BCUT2D eigenvalue weighted by atomic mass is 79.9. The number of rotatable bonds is 7. The lowest BCUT2D eigenvalue weighted by Gasteiger charge is -2.43. The van der Waals surface area contributed by atoms with Crippen molar-refractivity contribution in [1.82, 2.24) is 14.7 Å². The molecule has 0 radical (unpaired) electrons. The van der Waals surface area contributed by atoms with Crippen molar-refractivity contribution in [2.75, 3.05) is 14.1 Å². The summed E-state index contributed by atoms with van der Waals surface area (Å²) in [6, 6.07) is 0.0881. The van der Waals surface area contributed by atoms with Gasteiger partial charge in [0, 0.05) is 24.5 Å². The van der Waals surface area contributed by atoms with Crippen LogP contribution >= 0.6 is 15.9 Å². The van der Waals surface area contributed by atoms with Gasteiger partial charge in [0.2, 0.25) is 0 Å². The quantitative estimate of drug-likeness (QED) is 0.826. The number of halogens is 1. The Kier molecular flexibility index (Phi) is 6.23. The second-order valence-corrected chi connectivity index (χ2v) is 6.47. The number of likely N-dealkylation sites (N-methyl/N-ethyl adjacent to an activating group) is 1. The molecule has 0 bridgehead atoms. The van der Waals surface area contributed by atoms with E-state index in [0.29, 0.717) is 0 Å². The smallest absolute Gasteiger partial charge is 0.0738 e. The summed E-state index contributed by atoms with van der Waals surface area (Å²) in [4.78, 5) is 2.28. The molecule has 4 nitrogen and oxygen atoms in total. The summed E-state index contributed by atoms with van der Waals surface area (Å²) in [7, 11) is 4.26. The number of hydrogen-bond donors (Lipinski definition) is 1. The van der Waals surface area contributed by atoms with E-state index < -0.39 is 0 Å². The molecule has 0 aromatic carbocycles. The average Bonchev–Trinajstić information content (AvgIpc) is 2.68. The van der Waals surface area contributed by atoms with E-state index in [1.165, 1.54) is 5.69 Å². The Morgan fingerprint density at radius 3 is 2.25 bits per heavy atom. The molecule has 0 fully saturated rings. The Morgan fingerprint density at radius 1 is 1.30 bits per heavy atom. The van der Waals surface area contributed by atoms with Crippen LogP contribution in [0.25, 0.3) is 0 Å². The highest BCUT2D eigenvalue weighted by Crippen LogP contribution is 2.29. The second-order valence-electron chi connectivity index (χ2n) is 5.68. The van der Waals surface area contributed by atoms with Crippen molar-refractivity contribution >= 4 is 15.9 Å². The van der Waals surface area contributed by atoms with Crippen molar-refractivity contribution in [2.45, 2.75) is 65.1 Å². The van der Waals surface area contributed by atoms with E-state index in [1.807, 2.05) is 6.92 Å². The predicted molar refractivity (Wildman–Crippen MR) is 89.0 cm³/mol. The first-order chi connectivity index (χ1) is 9.33. The fourth-order valence-electron chi connectivity index (χ4n) is 3.20. The number of nitrogens with two attached hydrogens (primary N) is 1. The highest BCUT2D eigenvalue weighted by Gasteiger charge is 2.36. The summed E-state index contributed by atoms with van der Waals surface area (Å²) in [6.07, 6.45) is 2.94. The lowest BCUT2D eigenvalue weighted by Crippen LogP contribution is -2.57. The monoisotopic (exact) mass is 344 g/mol. The minimum Gasteiger partial charge on any atom is -0.326 e. The summed E-state index contributed by atoms with van der Waals surface area (Å²) in [5, 5.41) is 4.56. The molecule has 0 aliphatic heterocycles. The molecule has 1 rings (SSSR count). The first-order valence-corrected chi connectivity index (χ1v) is 8.28. The van der Waals surface area contributed by atoms with E-state index in [1.54, 1.807) is 0 Å².